The Labute approximate surface area is 277 Å². The van der Waals surface area contributed by atoms with Gasteiger partial charge in [0.05, 0.1) is 52.8 Å². The van der Waals surface area contributed by atoms with E-state index in [4.69, 9.17) is 38.6 Å². The lowest BCUT2D eigenvalue weighted by Crippen LogP contribution is -2.18. The van der Waals surface area contributed by atoms with Gasteiger partial charge in [-0.05, 0) is 40.8 Å². The molecule has 252 valence electrons. The summed E-state index contributed by atoms with van der Waals surface area (Å²) in [5.41, 5.74) is 7.10. The summed E-state index contributed by atoms with van der Waals surface area (Å²) in [5, 5.41) is 24.6. The number of benzene rings is 4. The summed E-state index contributed by atoms with van der Waals surface area (Å²) in [4.78, 5) is 0. The SMILES string of the molecule is COc1cc(OCc2cccc(-c3cccc(COc4cc(OC)c(CNCCO)c(OC)c4)c3C)c2)cc(OC)c1CNCCO. The molecule has 4 aromatic rings. The molecule has 10 heteroatoms. The minimum Gasteiger partial charge on any atom is -0.496 e. The first-order valence-electron chi connectivity index (χ1n) is 15.5. The molecule has 0 saturated carbocycles. The standard InChI is InChI=1S/C37H46N2O8/c1-25-28(24-47-30-19-36(44-4)33(22-39-13-15-41)37(20-30)45-5)10-7-11-31(25)27-9-6-8-26(16-27)23-46-29-17-34(42-2)32(21-38-12-14-40)35(18-29)43-3/h6-11,16-20,38-41H,12-15,21-24H2,1-5H3. The van der Waals surface area contributed by atoms with Crippen LogP contribution in [0.15, 0.2) is 66.7 Å². The van der Waals surface area contributed by atoms with Crippen LogP contribution in [-0.2, 0) is 26.3 Å². The number of nitrogens with one attached hydrogen (secondary N) is 2. The van der Waals surface area contributed by atoms with Crippen molar-refractivity contribution in [2.24, 2.45) is 0 Å². The summed E-state index contributed by atoms with van der Waals surface area (Å²) in [7, 11) is 6.46. The number of ether oxygens (including phenoxy) is 6. The Hall–Kier alpha value is -4.48. The van der Waals surface area contributed by atoms with Gasteiger partial charge in [-0.25, -0.2) is 0 Å². The average Bonchev–Trinajstić information content (AvgIpc) is 3.10. The fourth-order valence-corrected chi connectivity index (χ4v) is 5.33. The van der Waals surface area contributed by atoms with E-state index in [1.54, 1.807) is 28.4 Å². The van der Waals surface area contributed by atoms with Gasteiger partial charge in [0.15, 0.2) is 0 Å². The summed E-state index contributed by atoms with van der Waals surface area (Å²) in [6.45, 7) is 4.87. The zero-order valence-electron chi connectivity index (χ0n) is 27.9. The quantitative estimate of drug-likeness (QED) is 0.103. The van der Waals surface area contributed by atoms with Crippen LogP contribution >= 0.6 is 0 Å². The van der Waals surface area contributed by atoms with Crippen molar-refractivity contribution in [3.05, 3.63) is 94.5 Å². The molecule has 0 aliphatic heterocycles. The molecule has 0 fully saturated rings. The van der Waals surface area contributed by atoms with Gasteiger partial charge in [-0.1, -0.05) is 36.4 Å². The van der Waals surface area contributed by atoms with Crippen molar-refractivity contribution < 1.29 is 38.6 Å². The normalized spacial score (nSPS) is 10.9. The summed E-state index contributed by atoms with van der Waals surface area (Å²) >= 11 is 0. The van der Waals surface area contributed by atoms with Crippen molar-refractivity contribution in [1.29, 1.82) is 0 Å². The fourth-order valence-electron chi connectivity index (χ4n) is 5.33. The molecule has 47 heavy (non-hydrogen) atoms. The zero-order chi connectivity index (χ0) is 33.6. The van der Waals surface area contributed by atoms with E-state index in [1.807, 2.05) is 42.5 Å². The second kappa shape index (κ2) is 18.0. The molecular formula is C37H46N2O8. The highest BCUT2D eigenvalue weighted by Gasteiger charge is 2.16. The second-order valence-corrected chi connectivity index (χ2v) is 10.8. The minimum atomic E-state index is 0.0496. The number of methoxy groups -OCH3 is 4. The molecular weight excluding hydrogens is 600 g/mol. The molecule has 0 bridgehead atoms. The number of rotatable bonds is 19. The second-order valence-electron chi connectivity index (χ2n) is 10.8. The maximum Gasteiger partial charge on any atom is 0.130 e. The van der Waals surface area contributed by atoms with E-state index in [0.29, 0.717) is 73.9 Å². The summed E-state index contributed by atoms with van der Waals surface area (Å²) in [5.74, 6) is 3.87. The lowest BCUT2D eigenvalue weighted by Gasteiger charge is -2.18. The van der Waals surface area contributed by atoms with Gasteiger partial charge >= 0.3 is 0 Å². The molecule has 0 unspecified atom stereocenters. The molecule has 0 aliphatic rings. The largest absolute Gasteiger partial charge is 0.496 e. The lowest BCUT2D eigenvalue weighted by atomic mass is 9.95. The molecule has 0 atom stereocenters. The van der Waals surface area contributed by atoms with Crippen molar-refractivity contribution >= 4 is 0 Å². The van der Waals surface area contributed by atoms with E-state index in [2.05, 4.69) is 41.8 Å². The van der Waals surface area contributed by atoms with E-state index in [0.717, 1.165) is 38.9 Å². The van der Waals surface area contributed by atoms with Gasteiger partial charge in [0.2, 0.25) is 0 Å². The van der Waals surface area contributed by atoms with Crippen LogP contribution in [0, 0.1) is 6.92 Å². The lowest BCUT2D eigenvalue weighted by molar-refractivity contribution is 0.289. The van der Waals surface area contributed by atoms with Crippen LogP contribution in [0.2, 0.25) is 0 Å². The van der Waals surface area contributed by atoms with Crippen LogP contribution in [0.25, 0.3) is 11.1 Å². The number of hydrogen-bond donors (Lipinski definition) is 4. The molecule has 4 aromatic carbocycles. The van der Waals surface area contributed by atoms with E-state index >= 15 is 0 Å². The Bertz CT molecular complexity index is 1540. The van der Waals surface area contributed by atoms with Crippen LogP contribution in [0.5, 0.6) is 34.5 Å². The van der Waals surface area contributed by atoms with Gasteiger partial charge in [0.1, 0.15) is 47.7 Å². The van der Waals surface area contributed by atoms with Crippen LogP contribution in [0.4, 0.5) is 0 Å². The minimum absolute atomic E-state index is 0.0496. The van der Waals surface area contributed by atoms with Crippen molar-refractivity contribution in [1.82, 2.24) is 10.6 Å². The fraction of sp³-hybridized carbons (Fsp3) is 0.351. The monoisotopic (exact) mass is 646 g/mol. The third kappa shape index (κ3) is 9.30. The maximum atomic E-state index is 9.12. The van der Waals surface area contributed by atoms with Gasteiger partial charge in [-0.3, -0.25) is 0 Å². The Morgan fingerprint density at radius 3 is 1.57 bits per heavy atom. The van der Waals surface area contributed by atoms with Gasteiger partial charge in [0.25, 0.3) is 0 Å². The zero-order valence-corrected chi connectivity index (χ0v) is 27.9. The number of aliphatic hydroxyl groups excluding tert-OH is 2. The molecule has 0 aliphatic carbocycles. The smallest absolute Gasteiger partial charge is 0.130 e. The Morgan fingerprint density at radius 1 is 0.596 bits per heavy atom. The highest BCUT2D eigenvalue weighted by molar-refractivity contribution is 5.69. The van der Waals surface area contributed by atoms with Gasteiger partial charge in [-0.15, -0.1) is 0 Å². The number of hydrogen-bond acceptors (Lipinski definition) is 10. The van der Waals surface area contributed by atoms with E-state index < -0.39 is 0 Å². The third-order valence-electron chi connectivity index (χ3n) is 7.83. The third-order valence-corrected chi connectivity index (χ3v) is 7.83. The average molecular weight is 647 g/mol. The van der Waals surface area contributed by atoms with Crippen LogP contribution in [-0.4, -0.2) is 65.0 Å². The molecule has 4 N–H and O–H groups in total. The van der Waals surface area contributed by atoms with Crippen molar-refractivity contribution in [3.63, 3.8) is 0 Å². The first kappa shape index (κ1) is 35.4. The summed E-state index contributed by atoms with van der Waals surface area (Å²) in [6.07, 6.45) is 0. The molecule has 4 rings (SSSR count). The summed E-state index contributed by atoms with van der Waals surface area (Å²) in [6, 6.07) is 21.9. The van der Waals surface area contributed by atoms with Gasteiger partial charge < -0.3 is 49.3 Å². The Morgan fingerprint density at radius 2 is 1.09 bits per heavy atom. The molecule has 0 saturated heterocycles. The highest BCUT2D eigenvalue weighted by Crippen LogP contribution is 2.36. The van der Waals surface area contributed by atoms with Gasteiger partial charge in [-0.2, -0.15) is 0 Å². The predicted molar refractivity (Wildman–Crippen MR) is 182 cm³/mol. The van der Waals surface area contributed by atoms with E-state index in [9.17, 15) is 0 Å². The van der Waals surface area contributed by atoms with Gasteiger partial charge in [0, 0.05) is 50.4 Å². The van der Waals surface area contributed by atoms with Crippen LogP contribution in [0.1, 0.15) is 27.8 Å². The highest BCUT2D eigenvalue weighted by atomic mass is 16.5. The van der Waals surface area contributed by atoms with E-state index in [1.165, 1.54) is 0 Å². The topological polar surface area (TPSA) is 120 Å². The molecule has 10 nitrogen and oxygen atoms in total. The van der Waals surface area contributed by atoms with E-state index in [-0.39, 0.29) is 13.2 Å². The molecule has 0 heterocycles. The number of aliphatic hydroxyl groups is 2. The van der Waals surface area contributed by atoms with Crippen LogP contribution < -0.4 is 39.1 Å². The Kier molecular flexibility index (Phi) is 13.6. The predicted octanol–water partition coefficient (Wildman–Crippen LogP) is 5.02. The maximum absolute atomic E-state index is 9.12. The first-order chi connectivity index (χ1) is 23.0. The Balaban J connectivity index is 1.48. The molecule has 0 amide bonds. The molecule has 0 spiro atoms. The van der Waals surface area contributed by atoms with Crippen molar-refractivity contribution in [3.8, 4) is 45.6 Å². The van der Waals surface area contributed by atoms with Crippen LogP contribution in [0.3, 0.4) is 0 Å². The molecule has 0 radical (unpaired) electrons. The van der Waals surface area contributed by atoms with Crippen molar-refractivity contribution in [2.75, 3.05) is 54.7 Å². The molecule has 0 aromatic heterocycles. The first-order valence-corrected chi connectivity index (χ1v) is 15.5. The summed E-state index contributed by atoms with van der Waals surface area (Å²) < 4.78 is 34.9. The van der Waals surface area contributed by atoms with Crippen molar-refractivity contribution in [2.45, 2.75) is 33.2 Å².